The minimum Gasteiger partial charge on any atom is -0.295 e. The molecule has 1 atom stereocenters. The molecule has 0 spiro atoms. The first-order valence-electron chi connectivity index (χ1n) is 5.84. The molecule has 3 heteroatoms. The average Bonchev–Trinajstić information content (AvgIpc) is 2.33. The molecule has 0 aliphatic carbocycles. The molecule has 0 aromatic heterocycles. The molecule has 0 radical (unpaired) electrons. The number of alkyl halides is 1. The van der Waals surface area contributed by atoms with Crippen molar-refractivity contribution in [3.8, 4) is 0 Å². The van der Waals surface area contributed by atoms with Gasteiger partial charge in [-0.2, -0.15) is 0 Å². The van der Waals surface area contributed by atoms with E-state index in [1.54, 1.807) is 0 Å². The molecule has 88 valence electrons. The number of nitrogens with zero attached hydrogens (tertiary/aromatic N) is 1. The first-order valence-corrected chi connectivity index (χ1v) is 7.76. The van der Waals surface area contributed by atoms with Gasteiger partial charge in [0.05, 0.1) is 0 Å². The lowest BCUT2D eigenvalue weighted by molar-refractivity contribution is 0.156. The summed E-state index contributed by atoms with van der Waals surface area (Å²) in [6, 6.07) is 9.24. The standard InChI is InChI=1S/C13H17Br2N/c14-9-12-6-3-4-8-16(12)10-11-5-1-2-7-13(11)15/h1-2,5,7,12H,3-4,6,8-10H2. The van der Waals surface area contributed by atoms with Gasteiger partial charge < -0.3 is 0 Å². The SMILES string of the molecule is BrCC1CCCCN1Cc1ccccc1Br. The van der Waals surface area contributed by atoms with Crippen molar-refractivity contribution in [2.24, 2.45) is 0 Å². The third-order valence-corrected chi connectivity index (χ3v) is 4.78. The number of halogens is 2. The van der Waals surface area contributed by atoms with Crippen molar-refractivity contribution in [1.82, 2.24) is 4.90 Å². The highest BCUT2D eigenvalue weighted by Gasteiger charge is 2.21. The topological polar surface area (TPSA) is 3.24 Å². The van der Waals surface area contributed by atoms with Crippen LogP contribution in [0.3, 0.4) is 0 Å². The zero-order chi connectivity index (χ0) is 11.4. The van der Waals surface area contributed by atoms with Crippen LogP contribution in [0.25, 0.3) is 0 Å². The fourth-order valence-electron chi connectivity index (χ4n) is 2.29. The van der Waals surface area contributed by atoms with Gasteiger partial charge in [-0.25, -0.2) is 0 Å². The number of benzene rings is 1. The van der Waals surface area contributed by atoms with Gasteiger partial charge in [-0.05, 0) is 31.0 Å². The van der Waals surface area contributed by atoms with Gasteiger partial charge in [0.2, 0.25) is 0 Å². The van der Waals surface area contributed by atoms with Crippen molar-refractivity contribution in [2.45, 2.75) is 31.8 Å². The summed E-state index contributed by atoms with van der Waals surface area (Å²) in [5.74, 6) is 0. The number of hydrogen-bond acceptors (Lipinski definition) is 1. The van der Waals surface area contributed by atoms with Gasteiger partial charge >= 0.3 is 0 Å². The molecule has 1 heterocycles. The number of piperidine rings is 1. The fraction of sp³-hybridized carbons (Fsp3) is 0.538. The summed E-state index contributed by atoms with van der Waals surface area (Å²) in [4.78, 5) is 2.60. The van der Waals surface area contributed by atoms with Gasteiger partial charge in [0.25, 0.3) is 0 Å². The molecule has 1 fully saturated rings. The van der Waals surface area contributed by atoms with E-state index in [1.165, 1.54) is 35.8 Å². The molecule has 2 rings (SSSR count). The molecule has 1 aliphatic heterocycles. The highest BCUT2D eigenvalue weighted by Crippen LogP contribution is 2.24. The van der Waals surface area contributed by atoms with Crippen LogP contribution in [0, 0.1) is 0 Å². The molecule has 0 saturated carbocycles. The Bertz CT molecular complexity index is 340. The third kappa shape index (κ3) is 3.08. The summed E-state index contributed by atoms with van der Waals surface area (Å²) < 4.78 is 1.23. The maximum atomic E-state index is 3.63. The highest BCUT2D eigenvalue weighted by atomic mass is 79.9. The molecule has 1 nitrogen and oxygen atoms in total. The maximum absolute atomic E-state index is 3.63. The van der Waals surface area contributed by atoms with Gasteiger partial charge in [-0.15, -0.1) is 0 Å². The van der Waals surface area contributed by atoms with Crippen molar-refractivity contribution < 1.29 is 0 Å². The Labute approximate surface area is 114 Å². The molecule has 16 heavy (non-hydrogen) atoms. The van der Waals surface area contributed by atoms with Crippen LogP contribution in [0.15, 0.2) is 28.7 Å². The second-order valence-corrected chi connectivity index (χ2v) is 5.87. The summed E-state index contributed by atoms with van der Waals surface area (Å²) in [6.45, 7) is 2.30. The van der Waals surface area contributed by atoms with E-state index in [0.29, 0.717) is 6.04 Å². The van der Waals surface area contributed by atoms with Crippen molar-refractivity contribution in [3.05, 3.63) is 34.3 Å². The van der Waals surface area contributed by atoms with Crippen molar-refractivity contribution in [2.75, 3.05) is 11.9 Å². The van der Waals surface area contributed by atoms with Gasteiger partial charge in [0.15, 0.2) is 0 Å². The lowest BCUT2D eigenvalue weighted by Gasteiger charge is -2.34. The van der Waals surface area contributed by atoms with Crippen molar-refractivity contribution in [1.29, 1.82) is 0 Å². The van der Waals surface area contributed by atoms with Crippen LogP contribution in [0.1, 0.15) is 24.8 Å². The van der Waals surface area contributed by atoms with E-state index in [0.717, 1.165) is 11.9 Å². The van der Waals surface area contributed by atoms with Crippen molar-refractivity contribution >= 4 is 31.9 Å². The molecular weight excluding hydrogens is 330 g/mol. The summed E-state index contributed by atoms with van der Waals surface area (Å²) in [5, 5.41) is 1.09. The molecule has 1 unspecified atom stereocenters. The first-order chi connectivity index (χ1) is 7.81. The van der Waals surface area contributed by atoms with Crippen LogP contribution in [-0.2, 0) is 6.54 Å². The molecule has 1 aliphatic rings. The van der Waals surface area contributed by atoms with Gasteiger partial charge in [-0.1, -0.05) is 56.5 Å². The normalized spacial score (nSPS) is 22.2. The molecule has 0 amide bonds. The molecule has 1 aromatic carbocycles. The maximum Gasteiger partial charge on any atom is 0.0248 e. The van der Waals surface area contributed by atoms with Crippen LogP contribution in [-0.4, -0.2) is 22.8 Å². The second-order valence-electron chi connectivity index (χ2n) is 4.37. The van der Waals surface area contributed by atoms with E-state index in [-0.39, 0.29) is 0 Å². The summed E-state index contributed by atoms with van der Waals surface area (Å²) in [6.07, 6.45) is 4.05. The first kappa shape index (κ1) is 12.6. The molecule has 0 bridgehead atoms. The Balaban J connectivity index is 2.05. The van der Waals surface area contributed by atoms with Gasteiger partial charge in [-0.3, -0.25) is 4.90 Å². The lowest BCUT2D eigenvalue weighted by Crippen LogP contribution is -2.39. The number of likely N-dealkylation sites (tertiary alicyclic amines) is 1. The Morgan fingerprint density at radius 2 is 2.06 bits per heavy atom. The summed E-state index contributed by atoms with van der Waals surface area (Å²) in [7, 11) is 0. The molecular formula is C13H17Br2N. The summed E-state index contributed by atoms with van der Waals surface area (Å²) in [5.41, 5.74) is 1.40. The zero-order valence-corrected chi connectivity index (χ0v) is 12.5. The largest absolute Gasteiger partial charge is 0.295 e. The van der Waals surface area contributed by atoms with Crippen LogP contribution in [0.2, 0.25) is 0 Å². The van der Waals surface area contributed by atoms with Crippen molar-refractivity contribution in [3.63, 3.8) is 0 Å². The van der Waals surface area contributed by atoms with Gasteiger partial charge in [0, 0.05) is 22.4 Å². The van der Waals surface area contributed by atoms with E-state index < -0.39 is 0 Å². The van der Waals surface area contributed by atoms with Gasteiger partial charge in [0.1, 0.15) is 0 Å². The Kier molecular flexibility index (Phi) is 4.86. The zero-order valence-electron chi connectivity index (χ0n) is 9.33. The third-order valence-electron chi connectivity index (χ3n) is 3.26. The summed E-state index contributed by atoms with van der Waals surface area (Å²) >= 11 is 7.26. The highest BCUT2D eigenvalue weighted by molar-refractivity contribution is 9.10. The van der Waals surface area contributed by atoms with E-state index in [1.807, 2.05) is 0 Å². The second kappa shape index (κ2) is 6.18. The number of rotatable bonds is 3. The molecule has 1 aromatic rings. The van der Waals surface area contributed by atoms with Crippen LogP contribution < -0.4 is 0 Å². The van der Waals surface area contributed by atoms with E-state index >= 15 is 0 Å². The van der Waals surface area contributed by atoms with E-state index in [2.05, 4.69) is 61.0 Å². The molecule has 1 saturated heterocycles. The van der Waals surface area contributed by atoms with E-state index in [4.69, 9.17) is 0 Å². The Morgan fingerprint density at radius 3 is 2.81 bits per heavy atom. The lowest BCUT2D eigenvalue weighted by atomic mass is 10.0. The monoisotopic (exact) mass is 345 g/mol. The quantitative estimate of drug-likeness (QED) is 0.741. The minimum absolute atomic E-state index is 0.709. The smallest absolute Gasteiger partial charge is 0.0248 e. The van der Waals surface area contributed by atoms with E-state index in [9.17, 15) is 0 Å². The fourth-order valence-corrected chi connectivity index (χ4v) is 3.43. The predicted molar refractivity (Wildman–Crippen MR) is 76.0 cm³/mol. The number of hydrogen-bond donors (Lipinski definition) is 0. The minimum atomic E-state index is 0.709. The predicted octanol–water partition coefficient (Wildman–Crippen LogP) is 4.20. The van der Waals surface area contributed by atoms with Crippen LogP contribution in [0.5, 0.6) is 0 Å². The van der Waals surface area contributed by atoms with Crippen LogP contribution in [0.4, 0.5) is 0 Å². The molecule has 0 N–H and O–H groups in total. The Hall–Kier alpha value is 0.140. The van der Waals surface area contributed by atoms with Crippen LogP contribution >= 0.6 is 31.9 Å². The Morgan fingerprint density at radius 1 is 1.25 bits per heavy atom. The average molecular weight is 347 g/mol.